The summed E-state index contributed by atoms with van der Waals surface area (Å²) in [5.41, 5.74) is 0.236. The lowest BCUT2D eigenvalue weighted by Crippen LogP contribution is -2.37. The van der Waals surface area contributed by atoms with E-state index < -0.39 is 33.4 Å². The van der Waals surface area contributed by atoms with Crippen molar-refractivity contribution in [1.82, 2.24) is 4.72 Å². The van der Waals surface area contributed by atoms with Gasteiger partial charge in [0.05, 0.1) is 17.9 Å². The molecule has 156 valence electrons. The third-order valence-electron chi connectivity index (χ3n) is 3.25. The minimum absolute atomic E-state index is 0.0712. The highest BCUT2D eigenvalue weighted by Gasteiger charge is 2.26. The van der Waals surface area contributed by atoms with E-state index in [1.165, 1.54) is 0 Å². The maximum atomic E-state index is 12.5. The largest absolute Gasteiger partial charge is 0.460 e. The molecule has 0 bridgehead atoms. The molecule has 1 atom stereocenters. The summed E-state index contributed by atoms with van der Waals surface area (Å²) in [6, 6.07) is 8.09. The fourth-order valence-corrected chi connectivity index (χ4v) is 4.19. The van der Waals surface area contributed by atoms with Crippen molar-refractivity contribution >= 4 is 22.0 Å². The van der Waals surface area contributed by atoms with E-state index in [0.29, 0.717) is 5.56 Å². The highest BCUT2D eigenvalue weighted by Crippen LogP contribution is 2.19. The molecule has 0 aliphatic carbocycles. The first kappa shape index (κ1) is 23.8. The lowest BCUT2D eigenvalue weighted by atomic mass is 10.0. The monoisotopic (exact) mass is 411 g/mol. The Morgan fingerprint density at radius 2 is 1.64 bits per heavy atom. The molecule has 0 radical (unpaired) electrons. The standard InChI is InChI=1S/C20H29NO6S/c1-15(2)27-19(23)12-11-18(22)26-13-17(16-9-7-6-8-10-16)21-28(24,25)14-20(3,4)5/h6-12,15,17,21H,13-14H2,1-5H3/b12-11+. The number of ether oxygens (including phenoxy) is 2. The Morgan fingerprint density at radius 3 is 2.18 bits per heavy atom. The van der Waals surface area contributed by atoms with Gasteiger partial charge in [0.1, 0.15) is 6.61 Å². The normalized spacial score (nSPS) is 13.5. The Labute approximate surface area is 167 Å². The van der Waals surface area contributed by atoms with Gasteiger partial charge in [-0.2, -0.15) is 0 Å². The van der Waals surface area contributed by atoms with E-state index >= 15 is 0 Å². The maximum Gasteiger partial charge on any atom is 0.331 e. The van der Waals surface area contributed by atoms with Crippen molar-refractivity contribution in [3.05, 3.63) is 48.0 Å². The maximum absolute atomic E-state index is 12.5. The predicted octanol–water partition coefficient (Wildman–Crippen LogP) is 2.74. The molecule has 0 aliphatic rings. The third-order valence-corrected chi connectivity index (χ3v) is 5.14. The number of carbonyl (C=O) groups is 2. The molecule has 0 amide bonds. The molecule has 0 fully saturated rings. The smallest absolute Gasteiger partial charge is 0.331 e. The fourth-order valence-electron chi connectivity index (χ4n) is 2.33. The van der Waals surface area contributed by atoms with E-state index in [4.69, 9.17) is 9.47 Å². The first-order valence-electron chi connectivity index (χ1n) is 8.98. The molecule has 1 rings (SSSR count). The summed E-state index contributed by atoms with van der Waals surface area (Å²) in [7, 11) is -3.61. The molecule has 1 unspecified atom stereocenters. The number of rotatable bonds is 9. The zero-order chi connectivity index (χ0) is 21.4. The Kier molecular flexibility index (Phi) is 8.84. The SMILES string of the molecule is CC(C)OC(=O)/C=C/C(=O)OCC(NS(=O)(=O)CC(C)(C)C)c1ccccc1. The number of esters is 2. The molecule has 0 aromatic heterocycles. The van der Waals surface area contributed by atoms with Crippen LogP contribution in [0.2, 0.25) is 0 Å². The van der Waals surface area contributed by atoms with Gasteiger partial charge in [0.15, 0.2) is 0 Å². The highest BCUT2D eigenvalue weighted by molar-refractivity contribution is 7.89. The molecule has 0 spiro atoms. The van der Waals surface area contributed by atoms with Gasteiger partial charge in [-0.15, -0.1) is 0 Å². The van der Waals surface area contributed by atoms with Gasteiger partial charge in [0, 0.05) is 12.2 Å². The lowest BCUT2D eigenvalue weighted by Gasteiger charge is -2.23. The van der Waals surface area contributed by atoms with E-state index in [2.05, 4.69) is 4.72 Å². The molecule has 0 heterocycles. The van der Waals surface area contributed by atoms with Crippen LogP contribution in [0.1, 0.15) is 46.2 Å². The van der Waals surface area contributed by atoms with Crippen LogP contribution in [0.25, 0.3) is 0 Å². The molecule has 1 N–H and O–H groups in total. The van der Waals surface area contributed by atoms with Crippen LogP contribution >= 0.6 is 0 Å². The van der Waals surface area contributed by atoms with E-state index in [0.717, 1.165) is 12.2 Å². The van der Waals surface area contributed by atoms with Crippen molar-refractivity contribution in [2.75, 3.05) is 12.4 Å². The van der Waals surface area contributed by atoms with Crippen LogP contribution in [0.5, 0.6) is 0 Å². The fraction of sp³-hybridized carbons (Fsp3) is 0.500. The summed E-state index contributed by atoms with van der Waals surface area (Å²) in [5, 5.41) is 0. The van der Waals surface area contributed by atoms with Crippen LogP contribution < -0.4 is 4.72 Å². The van der Waals surface area contributed by atoms with Crippen molar-refractivity contribution in [2.45, 2.75) is 46.8 Å². The molecule has 1 aromatic rings. The van der Waals surface area contributed by atoms with Crippen LogP contribution in [0.3, 0.4) is 0 Å². The number of carbonyl (C=O) groups excluding carboxylic acids is 2. The van der Waals surface area contributed by atoms with Gasteiger partial charge in [-0.1, -0.05) is 51.1 Å². The topological polar surface area (TPSA) is 98.8 Å². The minimum Gasteiger partial charge on any atom is -0.460 e. The Balaban J connectivity index is 2.81. The summed E-state index contributed by atoms with van der Waals surface area (Å²) in [6.45, 7) is 8.65. The summed E-state index contributed by atoms with van der Waals surface area (Å²) < 4.78 is 37.5. The van der Waals surface area contributed by atoms with E-state index in [1.54, 1.807) is 44.2 Å². The van der Waals surface area contributed by atoms with Gasteiger partial charge >= 0.3 is 11.9 Å². The third kappa shape index (κ3) is 10.2. The number of hydrogen-bond donors (Lipinski definition) is 1. The average molecular weight is 412 g/mol. The summed E-state index contributed by atoms with van der Waals surface area (Å²) >= 11 is 0. The molecule has 0 aliphatic heterocycles. The number of sulfonamides is 1. The highest BCUT2D eigenvalue weighted by atomic mass is 32.2. The molecule has 1 aromatic carbocycles. The lowest BCUT2D eigenvalue weighted by molar-refractivity contribution is -0.143. The number of benzene rings is 1. The van der Waals surface area contributed by atoms with Crippen LogP contribution in [-0.2, 0) is 29.1 Å². The second-order valence-electron chi connectivity index (χ2n) is 7.85. The number of hydrogen-bond acceptors (Lipinski definition) is 6. The van der Waals surface area contributed by atoms with Crippen LogP contribution in [0.4, 0.5) is 0 Å². The van der Waals surface area contributed by atoms with E-state index in [1.807, 2.05) is 20.8 Å². The van der Waals surface area contributed by atoms with Crippen molar-refractivity contribution in [3.8, 4) is 0 Å². The van der Waals surface area contributed by atoms with Crippen LogP contribution in [0.15, 0.2) is 42.5 Å². The molecule has 28 heavy (non-hydrogen) atoms. The van der Waals surface area contributed by atoms with Gasteiger partial charge in [-0.3, -0.25) is 0 Å². The predicted molar refractivity (Wildman–Crippen MR) is 107 cm³/mol. The Morgan fingerprint density at radius 1 is 1.07 bits per heavy atom. The van der Waals surface area contributed by atoms with Gasteiger partial charge in [0.25, 0.3) is 0 Å². The van der Waals surface area contributed by atoms with Crippen molar-refractivity contribution in [1.29, 1.82) is 0 Å². The first-order valence-corrected chi connectivity index (χ1v) is 10.6. The van der Waals surface area contributed by atoms with Crippen molar-refractivity contribution in [3.63, 3.8) is 0 Å². The molecule has 0 saturated heterocycles. The molecule has 7 nitrogen and oxygen atoms in total. The van der Waals surface area contributed by atoms with E-state index in [-0.39, 0.29) is 18.5 Å². The summed E-state index contributed by atoms with van der Waals surface area (Å²) in [4.78, 5) is 23.3. The second-order valence-corrected chi connectivity index (χ2v) is 9.60. The molecule has 0 saturated carbocycles. The van der Waals surface area contributed by atoms with Gasteiger partial charge in [-0.25, -0.2) is 22.7 Å². The summed E-state index contributed by atoms with van der Waals surface area (Å²) in [5.74, 6) is -1.49. The Bertz CT molecular complexity index is 779. The molecular formula is C20H29NO6S. The first-order chi connectivity index (χ1) is 12.9. The zero-order valence-electron chi connectivity index (χ0n) is 17.0. The van der Waals surface area contributed by atoms with Crippen LogP contribution in [-0.4, -0.2) is 38.8 Å². The molecular weight excluding hydrogens is 382 g/mol. The molecule has 8 heteroatoms. The van der Waals surface area contributed by atoms with Gasteiger partial charge in [-0.05, 0) is 24.8 Å². The van der Waals surface area contributed by atoms with Crippen molar-refractivity contribution < 1.29 is 27.5 Å². The van der Waals surface area contributed by atoms with Gasteiger partial charge < -0.3 is 9.47 Å². The summed E-state index contributed by atoms with van der Waals surface area (Å²) in [6.07, 6.45) is 1.63. The zero-order valence-corrected chi connectivity index (χ0v) is 17.8. The second kappa shape index (κ2) is 10.4. The van der Waals surface area contributed by atoms with E-state index in [9.17, 15) is 18.0 Å². The van der Waals surface area contributed by atoms with Gasteiger partial charge in [0.2, 0.25) is 10.0 Å². The average Bonchev–Trinajstić information content (AvgIpc) is 2.54. The van der Waals surface area contributed by atoms with Crippen LogP contribution in [0, 0.1) is 5.41 Å². The quantitative estimate of drug-likeness (QED) is 0.496. The minimum atomic E-state index is -3.61. The number of nitrogens with one attached hydrogen (secondary N) is 1. The Hall–Kier alpha value is -2.19. The van der Waals surface area contributed by atoms with Crippen molar-refractivity contribution in [2.24, 2.45) is 5.41 Å².